The Bertz CT molecular complexity index is 1110. The third-order valence-corrected chi connectivity index (χ3v) is 5.79. The van der Waals surface area contributed by atoms with Gasteiger partial charge in [0, 0.05) is 18.8 Å². The Morgan fingerprint density at radius 1 is 0.939 bits per heavy atom. The number of nitrogens with one attached hydrogen (secondary N) is 4. The number of urea groups is 1. The minimum Gasteiger partial charge on any atom is -0.338 e. The largest absolute Gasteiger partial charge is 0.338 e. The van der Waals surface area contributed by atoms with Gasteiger partial charge in [-0.3, -0.25) is 15.1 Å². The maximum absolute atomic E-state index is 13.7. The molecule has 0 saturated carbocycles. The Morgan fingerprint density at radius 2 is 1.52 bits per heavy atom. The van der Waals surface area contributed by atoms with Gasteiger partial charge in [-0.2, -0.15) is 0 Å². The van der Waals surface area contributed by atoms with E-state index in [0.29, 0.717) is 19.5 Å². The fraction of sp³-hybridized carbons (Fsp3) is 0.192. The zero-order valence-electron chi connectivity index (χ0n) is 18.5. The lowest BCUT2D eigenvalue weighted by Crippen LogP contribution is -2.45. The molecule has 4 N–H and O–H groups in total. The number of rotatable bonds is 7. The summed E-state index contributed by atoms with van der Waals surface area (Å²) >= 11 is 0. The number of hydrogen-bond donors (Lipinski definition) is 4. The number of nitrogens with zero attached hydrogens (tertiary/aromatic N) is 1. The number of carbonyl (C=O) groups is 2. The maximum atomic E-state index is 13.7. The minimum atomic E-state index is -1.14. The van der Waals surface area contributed by atoms with Crippen molar-refractivity contribution in [2.75, 3.05) is 18.4 Å². The highest BCUT2D eigenvalue weighted by molar-refractivity contribution is 6.10. The molecule has 0 aromatic heterocycles. The summed E-state index contributed by atoms with van der Waals surface area (Å²) in [5, 5.41) is 17.3. The Labute approximate surface area is 193 Å². The Balaban J connectivity index is 1.42. The molecule has 0 spiro atoms. The zero-order chi connectivity index (χ0) is 23.3. The second-order valence-corrected chi connectivity index (χ2v) is 7.96. The van der Waals surface area contributed by atoms with E-state index in [-0.39, 0.29) is 17.9 Å². The van der Waals surface area contributed by atoms with Gasteiger partial charge < -0.3 is 16.0 Å². The molecular weight excluding hydrogens is 414 g/mol. The van der Waals surface area contributed by atoms with Gasteiger partial charge in [0.05, 0.1) is 0 Å². The number of hydrogen-bond acceptors (Lipinski definition) is 3. The van der Waals surface area contributed by atoms with E-state index in [1.807, 2.05) is 91.9 Å². The van der Waals surface area contributed by atoms with E-state index in [0.717, 1.165) is 22.4 Å². The first-order valence-electron chi connectivity index (χ1n) is 10.9. The van der Waals surface area contributed by atoms with Crippen molar-refractivity contribution < 1.29 is 9.59 Å². The summed E-state index contributed by atoms with van der Waals surface area (Å²) in [5.41, 5.74) is 2.16. The fourth-order valence-electron chi connectivity index (χ4n) is 4.07. The van der Waals surface area contributed by atoms with Crippen molar-refractivity contribution in [3.8, 4) is 0 Å². The number of carbonyl (C=O) groups excluding carboxylic acids is 2. The summed E-state index contributed by atoms with van der Waals surface area (Å²) in [6.45, 7) is 2.62. The first kappa shape index (κ1) is 22.1. The molecule has 0 atom stereocenters. The second kappa shape index (κ2) is 9.56. The molecule has 3 amide bonds. The molecule has 1 aliphatic rings. The van der Waals surface area contributed by atoms with E-state index in [1.54, 1.807) is 0 Å². The van der Waals surface area contributed by atoms with E-state index >= 15 is 0 Å². The maximum Gasteiger partial charge on any atom is 0.319 e. The lowest BCUT2D eigenvalue weighted by atomic mass is 9.82. The van der Waals surface area contributed by atoms with Crippen molar-refractivity contribution in [1.82, 2.24) is 15.5 Å². The van der Waals surface area contributed by atoms with Crippen molar-refractivity contribution in [3.05, 3.63) is 102 Å². The molecule has 1 saturated heterocycles. The first-order chi connectivity index (χ1) is 16.0. The van der Waals surface area contributed by atoms with E-state index < -0.39 is 5.54 Å². The Hall–Kier alpha value is -4.13. The summed E-state index contributed by atoms with van der Waals surface area (Å²) in [4.78, 5) is 27.3. The van der Waals surface area contributed by atoms with E-state index in [1.165, 1.54) is 4.90 Å². The number of para-hydroxylation sites is 1. The van der Waals surface area contributed by atoms with Crippen LogP contribution in [0.25, 0.3) is 0 Å². The molecule has 168 valence electrons. The molecule has 3 aromatic rings. The summed E-state index contributed by atoms with van der Waals surface area (Å²) < 4.78 is 0. The van der Waals surface area contributed by atoms with Crippen LogP contribution in [0, 0.1) is 12.3 Å². The molecule has 7 nitrogen and oxygen atoms in total. The molecule has 7 heteroatoms. The average molecular weight is 442 g/mol. The molecule has 33 heavy (non-hydrogen) atoms. The molecule has 1 aliphatic heterocycles. The SMILES string of the molecule is Cc1ccccc1NC(=O)NCCCN1C(=N)NC(c2ccccc2)(c2ccccc2)C1=O. The lowest BCUT2D eigenvalue weighted by Gasteiger charge is -2.28. The topological polar surface area (TPSA) is 97.3 Å². The zero-order valence-corrected chi connectivity index (χ0v) is 18.5. The van der Waals surface area contributed by atoms with E-state index in [9.17, 15) is 9.59 Å². The van der Waals surface area contributed by atoms with Crippen molar-refractivity contribution in [2.24, 2.45) is 0 Å². The van der Waals surface area contributed by atoms with Crippen molar-refractivity contribution in [1.29, 1.82) is 5.41 Å². The summed E-state index contributed by atoms with van der Waals surface area (Å²) in [7, 11) is 0. The smallest absolute Gasteiger partial charge is 0.319 e. The van der Waals surface area contributed by atoms with Crippen LogP contribution < -0.4 is 16.0 Å². The van der Waals surface area contributed by atoms with Crippen molar-refractivity contribution >= 4 is 23.6 Å². The standard InChI is InChI=1S/C26H27N5O2/c1-19-11-8-9-16-22(19)29-25(33)28-17-10-18-31-23(32)26(30-24(31)27,20-12-4-2-5-13-20)21-14-6-3-7-15-21/h2-9,11-16H,10,17-18H2,1H3,(H2,27,30)(H2,28,29,33). The van der Waals surface area contributed by atoms with Gasteiger partial charge in [-0.15, -0.1) is 0 Å². The molecule has 3 aromatic carbocycles. The summed E-state index contributed by atoms with van der Waals surface area (Å²) in [6.07, 6.45) is 0.511. The first-order valence-corrected chi connectivity index (χ1v) is 10.9. The van der Waals surface area contributed by atoms with Crippen LogP contribution in [0.5, 0.6) is 0 Å². The Kier molecular flexibility index (Phi) is 6.40. The highest BCUT2D eigenvalue weighted by Crippen LogP contribution is 2.35. The van der Waals surface area contributed by atoms with Crippen LogP contribution in [-0.2, 0) is 10.3 Å². The van der Waals surface area contributed by atoms with Gasteiger partial charge in [0.1, 0.15) is 0 Å². The molecule has 0 radical (unpaired) electrons. The fourth-order valence-corrected chi connectivity index (χ4v) is 4.07. The lowest BCUT2D eigenvalue weighted by molar-refractivity contribution is -0.130. The molecule has 0 aliphatic carbocycles. The van der Waals surface area contributed by atoms with Gasteiger partial charge in [0.15, 0.2) is 11.5 Å². The number of anilines is 1. The number of benzene rings is 3. The predicted octanol–water partition coefficient (Wildman–Crippen LogP) is 3.82. The van der Waals surface area contributed by atoms with E-state index in [4.69, 9.17) is 5.41 Å². The molecule has 0 bridgehead atoms. The highest BCUT2D eigenvalue weighted by atomic mass is 16.2. The summed E-state index contributed by atoms with van der Waals surface area (Å²) in [6, 6.07) is 26.2. The third-order valence-electron chi connectivity index (χ3n) is 5.79. The van der Waals surface area contributed by atoms with Crippen LogP contribution in [0.2, 0.25) is 0 Å². The van der Waals surface area contributed by atoms with Crippen LogP contribution in [0.15, 0.2) is 84.9 Å². The number of aryl methyl sites for hydroxylation is 1. The third kappa shape index (κ3) is 4.43. The van der Waals surface area contributed by atoms with E-state index in [2.05, 4.69) is 16.0 Å². The summed E-state index contributed by atoms with van der Waals surface area (Å²) in [5.74, 6) is -0.147. The van der Waals surface area contributed by atoms with Crippen molar-refractivity contribution in [2.45, 2.75) is 18.9 Å². The highest BCUT2D eigenvalue weighted by Gasteiger charge is 2.51. The normalized spacial score (nSPS) is 14.6. The number of guanidine groups is 1. The molecular formula is C26H27N5O2. The quantitative estimate of drug-likeness (QED) is 0.420. The molecule has 1 heterocycles. The van der Waals surface area contributed by atoms with Crippen LogP contribution >= 0.6 is 0 Å². The van der Waals surface area contributed by atoms with Gasteiger partial charge >= 0.3 is 6.03 Å². The number of amides is 3. The Morgan fingerprint density at radius 3 is 2.12 bits per heavy atom. The second-order valence-electron chi connectivity index (χ2n) is 7.96. The van der Waals surface area contributed by atoms with Crippen LogP contribution in [-0.4, -0.2) is 35.9 Å². The van der Waals surface area contributed by atoms with Crippen LogP contribution in [0.4, 0.5) is 10.5 Å². The van der Waals surface area contributed by atoms with Crippen molar-refractivity contribution in [3.63, 3.8) is 0 Å². The predicted molar refractivity (Wildman–Crippen MR) is 129 cm³/mol. The van der Waals surface area contributed by atoms with Gasteiger partial charge in [0.25, 0.3) is 5.91 Å². The monoisotopic (exact) mass is 441 g/mol. The average Bonchev–Trinajstić information content (AvgIpc) is 3.10. The van der Waals surface area contributed by atoms with Crippen LogP contribution in [0.3, 0.4) is 0 Å². The van der Waals surface area contributed by atoms with Gasteiger partial charge in [0.2, 0.25) is 0 Å². The van der Waals surface area contributed by atoms with Gasteiger partial charge in [-0.25, -0.2) is 4.79 Å². The minimum absolute atomic E-state index is 0.0528. The molecule has 4 rings (SSSR count). The molecule has 1 fully saturated rings. The van der Waals surface area contributed by atoms with Gasteiger partial charge in [-0.1, -0.05) is 78.9 Å². The van der Waals surface area contributed by atoms with Crippen LogP contribution in [0.1, 0.15) is 23.1 Å². The van der Waals surface area contributed by atoms with Gasteiger partial charge in [-0.05, 0) is 36.1 Å². The molecule has 0 unspecified atom stereocenters.